The number of alkyl halides is 3. The molecule has 0 spiro atoms. The summed E-state index contributed by atoms with van der Waals surface area (Å²) in [6.07, 6.45) is -4.40. The molecule has 0 N–H and O–H groups in total. The first-order chi connectivity index (χ1) is 16.0. The Labute approximate surface area is 188 Å². The Bertz CT molecular complexity index is 1700. The Kier molecular flexibility index (Phi) is 3.63. The quantitative estimate of drug-likeness (QED) is 0.217. The summed E-state index contributed by atoms with van der Waals surface area (Å²) in [6, 6.07) is 31.3. The lowest BCUT2D eigenvalue weighted by Crippen LogP contribution is -2.49. The van der Waals surface area contributed by atoms with Gasteiger partial charge in [0.2, 0.25) is 6.71 Å². The zero-order chi connectivity index (χ0) is 22.3. The number of rotatable bonds is 1. The number of hydrogen-bond acceptors (Lipinski definition) is 0. The van der Waals surface area contributed by atoms with Crippen LogP contribution >= 0.6 is 0 Å². The molecule has 0 aromatic heterocycles. The molecule has 0 radical (unpaired) electrons. The van der Waals surface area contributed by atoms with Gasteiger partial charge in [0.25, 0.3) is 0 Å². The van der Waals surface area contributed by atoms with E-state index in [0.29, 0.717) is 5.39 Å². The third-order valence-electron chi connectivity index (χ3n) is 7.11. The highest BCUT2D eigenvalue weighted by Gasteiger charge is 2.36. The van der Waals surface area contributed by atoms with Crippen LogP contribution in [0.5, 0.6) is 0 Å². The maximum atomic E-state index is 13.8. The summed E-state index contributed by atoms with van der Waals surface area (Å²) in [5, 5.41) is 4.73. The van der Waals surface area contributed by atoms with E-state index < -0.39 is 11.7 Å². The van der Waals surface area contributed by atoms with Gasteiger partial charge in [0.05, 0.1) is 5.56 Å². The molecule has 6 aromatic rings. The minimum absolute atomic E-state index is 0.0454. The van der Waals surface area contributed by atoms with Crippen LogP contribution in [0.4, 0.5) is 13.2 Å². The van der Waals surface area contributed by atoms with Crippen molar-refractivity contribution in [2.75, 3.05) is 0 Å². The van der Waals surface area contributed by atoms with Crippen molar-refractivity contribution in [2.24, 2.45) is 0 Å². The van der Waals surface area contributed by atoms with Crippen LogP contribution in [0.15, 0.2) is 97.1 Å². The van der Waals surface area contributed by atoms with Gasteiger partial charge in [-0.2, -0.15) is 13.2 Å². The first-order valence-electron chi connectivity index (χ1n) is 11.0. The van der Waals surface area contributed by atoms with Gasteiger partial charge in [0.15, 0.2) is 0 Å². The molecule has 0 saturated carbocycles. The average molecular weight is 432 g/mol. The van der Waals surface area contributed by atoms with E-state index in [1.807, 2.05) is 30.3 Å². The Morgan fingerprint density at radius 1 is 0.576 bits per heavy atom. The van der Waals surface area contributed by atoms with E-state index in [2.05, 4.69) is 48.5 Å². The van der Waals surface area contributed by atoms with E-state index >= 15 is 0 Å². The van der Waals surface area contributed by atoms with Gasteiger partial charge in [-0.25, -0.2) is 0 Å². The molecule has 1 heterocycles. The summed E-state index contributed by atoms with van der Waals surface area (Å²) in [6.45, 7) is 0.0454. The zero-order valence-electron chi connectivity index (χ0n) is 17.4. The average Bonchev–Trinajstić information content (AvgIpc) is 3.16. The second-order valence-electron chi connectivity index (χ2n) is 8.80. The Balaban J connectivity index is 1.66. The van der Waals surface area contributed by atoms with E-state index in [1.165, 1.54) is 33.6 Å². The molecule has 0 nitrogen and oxygen atoms in total. The summed E-state index contributed by atoms with van der Waals surface area (Å²) < 4.78 is 41.5. The van der Waals surface area contributed by atoms with Crippen LogP contribution in [0.3, 0.4) is 0 Å². The topological polar surface area (TPSA) is 0 Å². The molecule has 1 aliphatic heterocycles. The molecule has 0 bridgehead atoms. The van der Waals surface area contributed by atoms with Crippen molar-refractivity contribution in [3.8, 4) is 11.1 Å². The third-order valence-corrected chi connectivity index (χ3v) is 7.11. The summed E-state index contributed by atoms with van der Waals surface area (Å²) in [5.41, 5.74) is 5.40. The maximum absolute atomic E-state index is 13.8. The first kappa shape index (κ1) is 18.8. The van der Waals surface area contributed by atoms with Crippen molar-refractivity contribution in [3.05, 3.63) is 103 Å². The Hall–Kier alpha value is -3.79. The molecule has 0 amide bonds. The second kappa shape index (κ2) is 6.38. The lowest BCUT2D eigenvalue weighted by Gasteiger charge is -2.19. The predicted octanol–water partition coefficient (Wildman–Crippen LogP) is 6.10. The van der Waals surface area contributed by atoms with Crippen molar-refractivity contribution in [2.45, 2.75) is 6.18 Å². The number of halogens is 3. The standard InChI is InChI=1S/C29H16BF3/c31-29(32,33)24-15-12-17-10-14-22-27-18(11-13-21(24)26(17)27)16-23-20-8-4-5-9-25(20)30(28(22)23)19-6-2-1-3-7-19/h1-16H. The van der Waals surface area contributed by atoms with Gasteiger partial charge in [-0.1, -0.05) is 101 Å². The monoisotopic (exact) mass is 432 g/mol. The molecule has 0 unspecified atom stereocenters. The highest BCUT2D eigenvalue weighted by molar-refractivity contribution is 7.00. The molecule has 156 valence electrons. The lowest BCUT2D eigenvalue weighted by molar-refractivity contribution is -0.136. The van der Waals surface area contributed by atoms with Crippen LogP contribution in [0.1, 0.15) is 5.56 Å². The van der Waals surface area contributed by atoms with Crippen molar-refractivity contribution in [1.82, 2.24) is 0 Å². The molecule has 4 heteroatoms. The minimum atomic E-state index is -4.40. The number of fused-ring (bicyclic) bond motifs is 4. The van der Waals surface area contributed by atoms with Gasteiger partial charge in [-0.3, -0.25) is 0 Å². The van der Waals surface area contributed by atoms with Crippen molar-refractivity contribution in [1.29, 1.82) is 0 Å². The summed E-state index contributed by atoms with van der Waals surface area (Å²) in [5.74, 6) is 0. The summed E-state index contributed by atoms with van der Waals surface area (Å²) >= 11 is 0. The van der Waals surface area contributed by atoms with Crippen molar-refractivity contribution >= 4 is 55.4 Å². The van der Waals surface area contributed by atoms with Crippen LogP contribution in [0.2, 0.25) is 0 Å². The summed E-state index contributed by atoms with van der Waals surface area (Å²) in [7, 11) is 0. The predicted molar refractivity (Wildman–Crippen MR) is 132 cm³/mol. The van der Waals surface area contributed by atoms with Gasteiger partial charge in [0.1, 0.15) is 0 Å². The SMILES string of the molecule is FC(F)(F)c1ccc2ccc3c4c(cc5ccc1c2c53)-c1ccccc1B4c1ccccc1. The van der Waals surface area contributed by atoms with E-state index in [-0.39, 0.29) is 12.1 Å². The molecular formula is C29H16BF3. The molecule has 1 aliphatic rings. The smallest absolute Gasteiger partial charge is 0.166 e. The van der Waals surface area contributed by atoms with Gasteiger partial charge in [0, 0.05) is 0 Å². The molecule has 0 fully saturated rings. The Morgan fingerprint density at radius 2 is 1.24 bits per heavy atom. The lowest BCUT2D eigenvalue weighted by atomic mass is 9.38. The number of benzene rings is 6. The van der Waals surface area contributed by atoms with Crippen LogP contribution < -0.4 is 16.4 Å². The molecule has 33 heavy (non-hydrogen) atoms. The van der Waals surface area contributed by atoms with E-state index in [9.17, 15) is 13.2 Å². The summed E-state index contributed by atoms with van der Waals surface area (Å²) in [4.78, 5) is 0. The highest BCUT2D eigenvalue weighted by atomic mass is 19.4. The molecule has 6 aromatic carbocycles. The molecule has 0 atom stereocenters. The molecular weight excluding hydrogens is 416 g/mol. The maximum Gasteiger partial charge on any atom is 0.417 e. The van der Waals surface area contributed by atoms with Crippen LogP contribution in [-0.4, -0.2) is 6.71 Å². The van der Waals surface area contributed by atoms with Crippen LogP contribution in [0, 0.1) is 0 Å². The molecule has 0 saturated heterocycles. The normalized spacial score (nSPS) is 13.2. The van der Waals surface area contributed by atoms with Gasteiger partial charge < -0.3 is 0 Å². The fourth-order valence-electron chi connectivity index (χ4n) is 5.82. The third kappa shape index (κ3) is 2.49. The minimum Gasteiger partial charge on any atom is -0.166 e. The number of hydrogen-bond donors (Lipinski definition) is 0. The van der Waals surface area contributed by atoms with Crippen molar-refractivity contribution < 1.29 is 13.2 Å². The van der Waals surface area contributed by atoms with Gasteiger partial charge in [-0.05, 0) is 55.6 Å². The Morgan fingerprint density at radius 3 is 2.06 bits per heavy atom. The first-order valence-corrected chi connectivity index (χ1v) is 11.0. The highest BCUT2D eigenvalue weighted by Crippen LogP contribution is 2.42. The van der Waals surface area contributed by atoms with E-state index in [4.69, 9.17) is 0 Å². The van der Waals surface area contributed by atoms with Crippen LogP contribution in [0.25, 0.3) is 43.4 Å². The molecule has 0 aliphatic carbocycles. The second-order valence-corrected chi connectivity index (χ2v) is 8.80. The van der Waals surface area contributed by atoms with Gasteiger partial charge in [-0.15, -0.1) is 0 Å². The largest absolute Gasteiger partial charge is 0.417 e. The zero-order valence-corrected chi connectivity index (χ0v) is 17.4. The fraction of sp³-hybridized carbons (Fsp3) is 0.0345. The van der Waals surface area contributed by atoms with E-state index in [0.717, 1.165) is 21.5 Å². The van der Waals surface area contributed by atoms with Crippen molar-refractivity contribution in [3.63, 3.8) is 0 Å². The van der Waals surface area contributed by atoms with Gasteiger partial charge >= 0.3 is 6.18 Å². The van der Waals surface area contributed by atoms with E-state index in [1.54, 1.807) is 12.1 Å². The molecule has 7 rings (SSSR count). The fourth-order valence-corrected chi connectivity index (χ4v) is 5.82. The van der Waals surface area contributed by atoms with Crippen LogP contribution in [-0.2, 0) is 6.18 Å².